The molecule has 0 spiro atoms. The van der Waals surface area contributed by atoms with Gasteiger partial charge in [-0.1, -0.05) is 50.6 Å². The Morgan fingerprint density at radius 1 is 1.23 bits per heavy atom. The Morgan fingerprint density at radius 3 is 2.37 bits per heavy atom. The van der Waals surface area contributed by atoms with Crippen LogP contribution in [0.5, 0.6) is 0 Å². The molecule has 30 heavy (non-hydrogen) atoms. The van der Waals surface area contributed by atoms with Crippen LogP contribution in [0.25, 0.3) is 0 Å². The van der Waals surface area contributed by atoms with Gasteiger partial charge in [-0.2, -0.15) is 0 Å². The number of rotatable bonds is 3. The molecule has 0 aromatic rings. The van der Waals surface area contributed by atoms with Crippen LogP contribution in [0.3, 0.4) is 0 Å². The molecule has 3 nitrogen and oxygen atoms in total. The van der Waals surface area contributed by atoms with Crippen molar-refractivity contribution >= 4 is 8.32 Å². The average Bonchev–Trinajstić information content (AvgIpc) is 2.59. The van der Waals surface area contributed by atoms with Crippen LogP contribution in [-0.4, -0.2) is 36.3 Å². The Kier molecular flexibility index (Phi) is 7.72. The number of hydrogen-bond acceptors (Lipinski definition) is 3. The van der Waals surface area contributed by atoms with E-state index < -0.39 is 20.0 Å². The summed E-state index contributed by atoms with van der Waals surface area (Å²) < 4.78 is 7.00. The fourth-order valence-electron chi connectivity index (χ4n) is 4.85. The van der Waals surface area contributed by atoms with Crippen molar-refractivity contribution in [3.8, 4) is 0 Å². The monoisotopic (exact) mass is 434 g/mol. The lowest BCUT2D eigenvalue weighted by atomic mass is 9.59. The van der Waals surface area contributed by atoms with Gasteiger partial charge in [-0.15, -0.1) is 0 Å². The molecule has 172 valence electrons. The fraction of sp³-hybridized carbons (Fsp3) is 0.769. The number of hydrogen-bond donors (Lipinski definition) is 2. The summed E-state index contributed by atoms with van der Waals surface area (Å²) in [5.74, 6) is -0.0577. The summed E-state index contributed by atoms with van der Waals surface area (Å²) in [6, 6.07) is 0. The molecule has 2 N–H and O–H groups in total. The van der Waals surface area contributed by atoms with E-state index >= 15 is 0 Å². The molecule has 0 saturated heterocycles. The zero-order chi connectivity index (χ0) is 23.1. The number of allylic oxidation sites excluding steroid dienone is 4. The number of fused-ring (bicyclic) bond motifs is 7. The molecular formula is C26H46O3Si. The lowest BCUT2D eigenvalue weighted by Gasteiger charge is -2.53. The van der Waals surface area contributed by atoms with Crippen LogP contribution in [0.15, 0.2) is 35.5 Å². The molecule has 2 bridgehead atoms. The maximum atomic E-state index is 11.6. The predicted molar refractivity (Wildman–Crippen MR) is 130 cm³/mol. The lowest BCUT2D eigenvalue weighted by molar-refractivity contribution is -0.174. The minimum absolute atomic E-state index is 0.0117. The lowest BCUT2D eigenvalue weighted by Crippen LogP contribution is -2.61. The first-order valence-corrected chi connectivity index (χ1v) is 14.6. The second kappa shape index (κ2) is 9.05. The Hall–Kier alpha value is -0.683. The van der Waals surface area contributed by atoms with Gasteiger partial charge in [0.1, 0.15) is 0 Å². The van der Waals surface area contributed by atoms with Gasteiger partial charge in [0, 0.05) is 5.92 Å². The third-order valence-electron chi connectivity index (χ3n) is 8.21. The standard InChI is InChI=1S/C26H46O3Si/c1-17(2)21-16-20-15-14-18(3)12-11-13-19(4)23(22(21)24(27)26(20,8)28)29-30(9,10)25(5,6)7/h13-14,20-24,27-28H,1,11-12,15-16H2,2-10H3/b18-14+,19-13+/t20-,21+,22?,23-,24?,26?/m0/s1. The van der Waals surface area contributed by atoms with E-state index in [0.29, 0.717) is 0 Å². The molecule has 3 rings (SSSR count). The summed E-state index contributed by atoms with van der Waals surface area (Å²) >= 11 is 0. The summed E-state index contributed by atoms with van der Waals surface area (Å²) in [6.07, 6.45) is 7.11. The fourth-order valence-corrected chi connectivity index (χ4v) is 6.18. The molecule has 3 unspecified atom stereocenters. The molecule has 1 saturated carbocycles. The van der Waals surface area contributed by atoms with E-state index in [1.54, 1.807) is 0 Å². The van der Waals surface area contributed by atoms with Gasteiger partial charge in [0.15, 0.2) is 8.32 Å². The van der Waals surface area contributed by atoms with E-state index in [1.165, 1.54) is 11.1 Å². The van der Waals surface area contributed by atoms with Crippen molar-refractivity contribution in [2.75, 3.05) is 0 Å². The summed E-state index contributed by atoms with van der Waals surface area (Å²) in [6.45, 7) is 23.8. The maximum absolute atomic E-state index is 11.6. The van der Waals surface area contributed by atoms with Crippen molar-refractivity contribution in [2.45, 2.75) is 110 Å². The van der Waals surface area contributed by atoms with E-state index in [2.05, 4.69) is 73.4 Å². The van der Waals surface area contributed by atoms with E-state index in [9.17, 15) is 10.2 Å². The van der Waals surface area contributed by atoms with Crippen molar-refractivity contribution < 1.29 is 14.6 Å². The normalized spacial score (nSPS) is 39.9. The summed E-state index contributed by atoms with van der Waals surface area (Å²) in [4.78, 5) is 0. The van der Waals surface area contributed by atoms with Crippen LogP contribution < -0.4 is 0 Å². The van der Waals surface area contributed by atoms with Crippen molar-refractivity contribution in [2.24, 2.45) is 17.8 Å². The van der Waals surface area contributed by atoms with Gasteiger partial charge in [0.05, 0.1) is 17.8 Å². The van der Waals surface area contributed by atoms with Crippen LogP contribution in [0.2, 0.25) is 18.1 Å². The Bertz CT molecular complexity index is 696. The molecule has 3 aliphatic carbocycles. The zero-order valence-electron chi connectivity index (χ0n) is 20.9. The van der Waals surface area contributed by atoms with Crippen LogP contribution >= 0.6 is 0 Å². The van der Waals surface area contributed by atoms with E-state index in [1.807, 2.05) is 6.92 Å². The second-order valence-electron chi connectivity index (χ2n) is 11.7. The first-order valence-electron chi connectivity index (χ1n) is 11.7. The Balaban J connectivity index is 2.63. The maximum Gasteiger partial charge on any atom is 0.192 e. The molecule has 3 aliphatic rings. The van der Waals surface area contributed by atoms with Gasteiger partial charge in [-0.3, -0.25) is 0 Å². The summed E-state index contributed by atoms with van der Waals surface area (Å²) in [5, 5.41) is 23.1. The molecule has 0 amide bonds. The highest BCUT2D eigenvalue weighted by Gasteiger charge is 2.54. The first-order chi connectivity index (χ1) is 13.6. The van der Waals surface area contributed by atoms with Crippen LogP contribution in [0, 0.1) is 17.8 Å². The van der Waals surface area contributed by atoms with Crippen molar-refractivity contribution in [3.05, 3.63) is 35.5 Å². The topological polar surface area (TPSA) is 49.7 Å². The largest absolute Gasteiger partial charge is 0.410 e. The second-order valence-corrected chi connectivity index (χ2v) is 16.5. The zero-order valence-corrected chi connectivity index (χ0v) is 21.9. The molecule has 4 heteroatoms. The highest BCUT2D eigenvalue weighted by Crippen LogP contribution is 2.50. The summed E-state index contributed by atoms with van der Waals surface area (Å²) in [7, 11) is -2.09. The SMILES string of the molecule is C=C(C)[C@H]1C[C@@H]2C/C=C(\C)CC/C=C(\C)[C@H](O[Si](C)(C)C(C)(C)C)C1C(O)C2(C)O. The van der Waals surface area contributed by atoms with Gasteiger partial charge >= 0.3 is 0 Å². The average molecular weight is 435 g/mol. The van der Waals surface area contributed by atoms with Gasteiger partial charge in [-0.05, 0) is 88.9 Å². The van der Waals surface area contributed by atoms with Gasteiger partial charge in [0.25, 0.3) is 0 Å². The third-order valence-corrected chi connectivity index (χ3v) is 12.7. The summed E-state index contributed by atoms with van der Waals surface area (Å²) in [5.41, 5.74) is 2.45. The van der Waals surface area contributed by atoms with Gasteiger partial charge < -0.3 is 14.6 Å². The highest BCUT2D eigenvalue weighted by atomic mass is 28.4. The minimum Gasteiger partial charge on any atom is -0.410 e. The van der Waals surface area contributed by atoms with E-state index in [-0.39, 0.29) is 28.9 Å². The van der Waals surface area contributed by atoms with Gasteiger partial charge in [0.2, 0.25) is 0 Å². The van der Waals surface area contributed by atoms with Crippen molar-refractivity contribution in [3.63, 3.8) is 0 Å². The van der Waals surface area contributed by atoms with Crippen LogP contribution in [0.4, 0.5) is 0 Å². The first kappa shape index (κ1) is 25.6. The van der Waals surface area contributed by atoms with Crippen LogP contribution in [-0.2, 0) is 4.43 Å². The molecule has 6 atom stereocenters. The smallest absolute Gasteiger partial charge is 0.192 e. The van der Waals surface area contributed by atoms with E-state index in [0.717, 1.165) is 31.3 Å². The molecule has 0 heterocycles. The highest BCUT2D eigenvalue weighted by molar-refractivity contribution is 6.74. The van der Waals surface area contributed by atoms with E-state index in [4.69, 9.17) is 4.43 Å². The Labute approximate surface area is 186 Å². The quantitative estimate of drug-likeness (QED) is 0.399. The number of aliphatic hydroxyl groups excluding tert-OH is 1. The molecule has 1 fully saturated rings. The minimum atomic E-state index is -2.09. The van der Waals surface area contributed by atoms with Gasteiger partial charge in [-0.25, -0.2) is 0 Å². The van der Waals surface area contributed by atoms with Crippen molar-refractivity contribution in [1.29, 1.82) is 0 Å². The van der Waals surface area contributed by atoms with Crippen LogP contribution in [0.1, 0.15) is 74.1 Å². The Morgan fingerprint density at radius 2 is 1.83 bits per heavy atom. The molecule has 0 aliphatic heterocycles. The molecular weight excluding hydrogens is 388 g/mol. The molecule has 0 aromatic heterocycles. The third kappa shape index (κ3) is 5.20. The molecule has 0 aromatic carbocycles. The van der Waals surface area contributed by atoms with Crippen molar-refractivity contribution in [1.82, 2.24) is 0 Å². The molecule has 0 radical (unpaired) electrons. The number of aliphatic hydroxyl groups is 2. The predicted octanol–water partition coefficient (Wildman–Crippen LogP) is 6.39.